The van der Waals surface area contributed by atoms with Crippen molar-refractivity contribution in [2.75, 3.05) is 6.61 Å². The summed E-state index contributed by atoms with van der Waals surface area (Å²) in [5.41, 5.74) is 0.952. The zero-order chi connectivity index (χ0) is 12.1. The lowest BCUT2D eigenvalue weighted by Gasteiger charge is -2.19. The second-order valence-corrected chi connectivity index (χ2v) is 4.01. The maximum absolute atomic E-state index is 11.7. The van der Waals surface area contributed by atoms with Crippen molar-refractivity contribution in [2.45, 2.75) is 19.4 Å². The maximum Gasteiger partial charge on any atom is 0.312 e. The number of carbonyl (C=O) groups is 2. The van der Waals surface area contributed by atoms with E-state index in [-0.39, 0.29) is 31.1 Å². The molecule has 1 aromatic rings. The monoisotopic (exact) mass is 234 g/mol. The van der Waals surface area contributed by atoms with E-state index in [1.54, 1.807) is 0 Å². The van der Waals surface area contributed by atoms with E-state index in [9.17, 15) is 9.59 Å². The van der Waals surface area contributed by atoms with Crippen LogP contribution in [0.15, 0.2) is 30.3 Å². The molecule has 90 valence electrons. The highest BCUT2D eigenvalue weighted by molar-refractivity contribution is 5.77. The molecular weight excluding hydrogens is 220 g/mol. The SMILES string of the molecule is O=C1CCC(C(=O)OCc2ccccc2)CO1. The molecule has 0 bridgehead atoms. The number of cyclic esters (lactones) is 1. The summed E-state index contributed by atoms with van der Waals surface area (Å²) in [6.45, 7) is 0.413. The molecule has 1 atom stereocenters. The summed E-state index contributed by atoms with van der Waals surface area (Å²) in [5, 5.41) is 0. The highest BCUT2D eigenvalue weighted by Gasteiger charge is 2.27. The minimum absolute atomic E-state index is 0.145. The average molecular weight is 234 g/mol. The zero-order valence-electron chi connectivity index (χ0n) is 9.43. The van der Waals surface area contributed by atoms with E-state index in [0.29, 0.717) is 12.8 Å². The van der Waals surface area contributed by atoms with Crippen molar-refractivity contribution in [3.05, 3.63) is 35.9 Å². The molecule has 1 aliphatic rings. The van der Waals surface area contributed by atoms with Crippen LogP contribution in [0.2, 0.25) is 0 Å². The molecule has 17 heavy (non-hydrogen) atoms. The van der Waals surface area contributed by atoms with Crippen LogP contribution in [0, 0.1) is 5.92 Å². The van der Waals surface area contributed by atoms with Crippen molar-refractivity contribution < 1.29 is 19.1 Å². The Balaban J connectivity index is 1.80. The average Bonchev–Trinajstić information content (AvgIpc) is 2.38. The summed E-state index contributed by atoms with van der Waals surface area (Å²) in [5.74, 6) is -0.838. The van der Waals surface area contributed by atoms with Crippen LogP contribution in [0.3, 0.4) is 0 Å². The van der Waals surface area contributed by atoms with Gasteiger partial charge in [0.1, 0.15) is 13.2 Å². The van der Waals surface area contributed by atoms with E-state index in [1.165, 1.54) is 0 Å². The summed E-state index contributed by atoms with van der Waals surface area (Å²) in [6, 6.07) is 9.49. The van der Waals surface area contributed by atoms with Gasteiger partial charge in [-0.15, -0.1) is 0 Å². The van der Waals surface area contributed by atoms with Crippen LogP contribution in [-0.2, 0) is 25.7 Å². The van der Waals surface area contributed by atoms with Gasteiger partial charge in [-0.05, 0) is 12.0 Å². The second kappa shape index (κ2) is 5.48. The Hall–Kier alpha value is -1.84. The van der Waals surface area contributed by atoms with Crippen LogP contribution >= 0.6 is 0 Å². The fourth-order valence-electron chi connectivity index (χ4n) is 1.67. The molecule has 1 aliphatic heterocycles. The van der Waals surface area contributed by atoms with Gasteiger partial charge >= 0.3 is 11.9 Å². The largest absolute Gasteiger partial charge is 0.465 e. The molecule has 1 heterocycles. The van der Waals surface area contributed by atoms with Crippen LogP contribution < -0.4 is 0 Å². The van der Waals surface area contributed by atoms with Crippen molar-refractivity contribution in [3.63, 3.8) is 0 Å². The minimum Gasteiger partial charge on any atom is -0.465 e. The van der Waals surface area contributed by atoms with Gasteiger partial charge in [-0.1, -0.05) is 30.3 Å². The first-order valence-electron chi connectivity index (χ1n) is 5.62. The zero-order valence-corrected chi connectivity index (χ0v) is 9.43. The van der Waals surface area contributed by atoms with E-state index < -0.39 is 0 Å². The molecule has 1 saturated heterocycles. The highest BCUT2D eigenvalue weighted by atomic mass is 16.6. The number of benzene rings is 1. The van der Waals surface area contributed by atoms with Gasteiger partial charge < -0.3 is 9.47 Å². The topological polar surface area (TPSA) is 52.6 Å². The summed E-state index contributed by atoms with van der Waals surface area (Å²) in [4.78, 5) is 22.5. The van der Waals surface area contributed by atoms with Gasteiger partial charge in [0.2, 0.25) is 0 Å². The maximum atomic E-state index is 11.7. The van der Waals surface area contributed by atoms with Crippen molar-refractivity contribution in [1.82, 2.24) is 0 Å². The molecule has 4 heteroatoms. The molecule has 0 spiro atoms. The van der Waals surface area contributed by atoms with Crippen LogP contribution in [-0.4, -0.2) is 18.5 Å². The number of ether oxygens (including phenoxy) is 2. The van der Waals surface area contributed by atoms with Gasteiger partial charge in [-0.25, -0.2) is 0 Å². The smallest absolute Gasteiger partial charge is 0.312 e. The van der Waals surface area contributed by atoms with Gasteiger partial charge in [0, 0.05) is 6.42 Å². The number of hydrogen-bond acceptors (Lipinski definition) is 4. The quantitative estimate of drug-likeness (QED) is 0.747. The number of rotatable bonds is 3. The minimum atomic E-state index is -0.309. The Morgan fingerprint density at radius 3 is 2.76 bits per heavy atom. The number of hydrogen-bond donors (Lipinski definition) is 0. The summed E-state index contributed by atoms with van der Waals surface area (Å²) >= 11 is 0. The predicted octanol–water partition coefficient (Wildman–Crippen LogP) is 1.68. The Bertz CT molecular complexity index is 389. The Morgan fingerprint density at radius 1 is 1.35 bits per heavy atom. The molecule has 0 amide bonds. The molecule has 1 aromatic carbocycles. The van der Waals surface area contributed by atoms with E-state index in [2.05, 4.69) is 0 Å². The third-order valence-electron chi connectivity index (χ3n) is 2.70. The highest BCUT2D eigenvalue weighted by Crippen LogP contribution is 2.16. The molecule has 0 aliphatic carbocycles. The Morgan fingerprint density at radius 2 is 2.12 bits per heavy atom. The van der Waals surface area contributed by atoms with Gasteiger partial charge in [-0.3, -0.25) is 9.59 Å². The van der Waals surface area contributed by atoms with Crippen molar-refractivity contribution in [3.8, 4) is 0 Å². The predicted molar refractivity (Wildman–Crippen MR) is 59.9 cm³/mol. The lowest BCUT2D eigenvalue weighted by Crippen LogP contribution is -2.29. The first-order valence-corrected chi connectivity index (χ1v) is 5.62. The van der Waals surface area contributed by atoms with Crippen molar-refractivity contribution >= 4 is 11.9 Å². The molecule has 1 unspecified atom stereocenters. The first-order chi connectivity index (χ1) is 8.25. The molecule has 4 nitrogen and oxygen atoms in total. The lowest BCUT2D eigenvalue weighted by atomic mass is 10.0. The molecular formula is C13H14O4. The van der Waals surface area contributed by atoms with E-state index in [0.717, 1.165) is 5.56 Å². The normalized spacial score (nSPS) is 19.5. The third kappa shape index (κ3) is 3.31. The van der Waals surface area contributed by atoms with Gasteiger partial charge in [-0.2, -0.15) is 0 Å². The second-order valence-electron chi connectivity index (χ2n) is 4.01. The summed E-state index contributed by atoms with van der Waals surface area (Å²) in [6.07, 6.45) is 0.817. The van der Waals surface area contributed by atoms with Gasteiger partial charge in [0.15, 0.2) is 0 Å². The molecule has 0 radical (unpaired) electrons. The fraction of sp³-hybridized carbons (Fsp3) is 0.385. The standard InChI is InChI=1S/C13H14O4/c14-12-7-6-11(9-16-12)13(15)17-8-10-4-2-1-3-5-10/h1-5,11H,6-9H2. The summed E-state index contributed by atoms with van der Waals surface area (Å²) < 4.78 is 10.00. The number of esters is 2. The summed E-state index contributed by atoms with van der Waals surface area (Å²) in [7, 11) is 0. The first kappa shape index (κ1) is 11.6. The van der Waals surface area contributed by atoms with Crippen LogP contribution in [0.25, 0.3) is 0 Å². The van der Waals surface area contributed by atoms with Crippen LogP contribution in [0.1, 0.15) is 18.4 Å². The Labute approximate surface area is 99.5 Å². The van der Waals surface area contributed by atoms with E-state index >= 15 is 0 Å². The lowest BCUT2D eigenvalue weighted by molar-refractivity contribution is -0.161. The molecule has 0 saturated carbocycles. The van der Waals surface area contributed by atoms with Crippen LogP contribution in [0.5, 0.6) is 0 Å². The molecule has 0 aromatic heterocycles. The molecule has 0 N–H and O–H groups in total. The fourth-order valence-corrected chi connectivity index (χ4v) is 1.67. The van der Waals surface area contributed by atoms with Crippen molar-refractivity contribution in [1.29, 1.82) is 0 Å². The molecule has 2 rings (SSSR count). The number of carbonyl (C=O) groups excluding carboxylic acids is 2. The van der Waals surface area contributed by atoms with Gasteiger partial charge in [0.25, 0.3) is 0 Å². The van der Waals surface area contributed by atoms with Crippen molar-refractivity contribution in [2.24, 2.45) is 5.92 Å². The van der Waals surface area contributed by atoms with Crippen LogP contribution in [0.4, 0.5) is 0 Å². The third-order valence-corrected chi connectivity index (χ3v) is 2.70. The van der Waals surface area contributed by atoms with E-state index in [1.807, 2.05) is 30.3 Å². The van der Waals surface area contributed by atoms with Gasteiger partial charge in [0.05, 0.1) is 5.92 Å². The Kier molecular flexibility index (Phi) is 3.75. The molecule has 1 fully saturated rings. The van der Waals surface area contributed by atoms with E-state index in [4.69, 9.17) is 9.47 Å².